The number of rotatable bonds is 3. The van der Waals surface area contributed by atoms with E-state index in [1.54, 1.807) is 22.3 Å². The van der Waals surface area contributed by atoms with Crippen LogP contribution < -0.4 is 15.3 Å². The molecule has 0 bridgehead atoms. The van der Waals surface area contributed by atoms with E-state index in [9.17, 15) is 0 Å². The summed E-state index contributed by atoms with van der Waals surface area (Å²) in [5, 5.41) is 24.8. The molecule has 0 heterocycles. The first-order chi connectivity index (χ1) is 10.3. The Hall–Kier alpha value is -0.0557. The molecule has 0 aliphatic heterocycles. The predicted molar refractivity (Wildman–Crippen MR) is 84.3 cm³/mol. The van der Waals surface area contributed by atoms with Gasteiger partial charge in [0.1, 0.15) is 0 Å². The van der Waals surface area contributed by atoms with Crippen molar-refractivity contribution >= 4 is 0 Å². The summed E-state index contributed by atoms with van der Waals surface area (Å²) >= 11 is 0. The molecule has 0 radical (unpaired) electrons. The smallest absolute Gasteiger partial charge is 0.857 e. The third-order valence-corrected chi connectivity index (χ3v) is 4.04. The Kier molecular flexibility index (Phi) is 21.1. The maximum absolute atomic E-state index is 8.25. The van der Waals surface area contributed by atoms with E-state index in [1.807, 2.05) is 0 Å². The molecule has 1 atom stereocenters. The molecule has 4 heteroatoms. The zero-order chi connectivity index (χ0) is 16.8. The average molecular weight is 344 g/mol. The molecule has 0 spiro atoms. The van der Waals surface area contributed by atoms with Gasteiger partial charge in [-0.25, -0.2) is 0 Å². The van der Waals surface area contributed by atoms with E-state index in [-0.39, 0.29) is 21.7 Å². The molecule has 0 amide bonds. The van der Waals surface area contributed by atoms with Gasteiger partial charge < -0.3 is 15.3 Å². The minimum Gasteiger partial charge on any atom is -0.857 e. The molecule has 22 heavy (non-hydrogen) atoms. The van der Waals surface area contributed by atoms with E-state index in [0.717, 1.165) is 27.2 Å². The van der Waals surface area contributed by atoms with Gasteiger partial charge in [0.2, 0.25) is 0 Å². The molecule has 0 saturated carbocycles. The van der Waals surface area contributed by atoms with Crippen LogP contribution in [0.4, 0.5) is 0 Å². The van der Waals surface area contributed by atoms with E-state index in [2.05, 4.69) is 27.2 Å². The topological polar surface area (TPSA) is 69.2 Å². The maximum atomic E-state index is 8.25. The molecule has 0 saturated heterocycles. The van der Waals surface area contributed by atoms with Crippen LogP contribution >= 0.6 is 0 Å². The first kappa shape index (κ1) is 26.8. The average Bonchev–Trinajstić information content (AvgIpc) is 2.92. The zero-order valence-electron chi connectivity index (χ0n) is 15.1. The van der Waals surface area contributed by atoms with Crippen LogP contribution in [-0.2, 0) is 21.7 Å². The molecule has 0 aromatic rings. The molecule has 0 N–H and O–H groups in total. The number of hydrogen-bond acceptors (Lipinski definition) is 3. The van der Waals surface area contributed by atoms with Gasteiger partial charge in [-0.05, 0) is 6.42 Å². The molecule has 2 aliphatic rings. The zero-order valence-corrected chi connectivity index (χ0v) is 16.7. The van der Waals surface area contributed by atoms with Crippen molar-refractivity contribution in [2.24, 2.45) is 5.92 Å². The molecule has 0 aromatic carbocycles. The summed E-state index contributed by atoms with van der Waals surface area (Å²) < 4.78 is 0. The largest absolute Gasteiger partial charge is 4.00 e. The van der Waals surface area contributed by atoms with E-state index in [0.29, 0.717) is 0 Å². The molecule has 2 rings (SSSR count). The Morgan fingerprint density at radius 1 is 0.955 bits per heavy atom. The van der Waals surface area contributed by atoms with E-state index < -0.39 is 0 Å². The Morgan fingerprint density at radius 2 is 1.50 bits per heavy atom. The molecular formula is C18H32O3Ti. The number of allylic oxidation sites excluding steroid dienone is 4. The van der Waals surface area contributed by atoms with Gasteiger partial charge in [0.25, 0.3) is 0 Å². The van der Waals surface area contributed by atoms with Crippen LogP contribution in [0.5, 0.6) is 0 Å². The van der Waals surface area contributed by atoms with E-state index in [1.165, 1.54) is 38.5 Å². The second-order valence-electron chi connectivity index (χ2n) is 4.71. The number of hydrogen-bond donors (Lipinski definition) is 0. The molecule has 126 valence electrons. The normalized spacial score (nSPS) is 18.3. The van der Waals surface area contributed by atoms with Crippen LogP contribution in [-0.4, -0.2) is 21.3 Å². The van der Waals surface area contributed by atoms with Crippen LogP contribution in [0.3, 0.4) is 0 Å². The first-order valence-corrected chi connectivity index (χ1v) is 7.84. The summed E-state index contributed by atoms with van der Waals surface area (Å²) in [5.41, 5.74) is 6.88. The van der Waals surface area contributed by atoms with Crippen LogP contribution in [0.2, 0.25) is 0 Å². The standard InChI is InChI=1S/C15H23.3CH3O.Ti/c1-4-11-12(5-2)14-9-7-8-10-15(14)13(11)6-3;3*1-2;/h9,13H,4-8,10H2,1-3H3;3*1H3;/q4*-1;+4. The van der Waals surface area contributed by atoms with Crippen molar-refractivity contribution in [3.05, 3.63) is 28.7 Å². The summed E-state index contributed by atoms with van der Waals surface area (Å²) in [6.07, 6.45) is 10.3. The fourth-order valence-electron chi connectivity index (χ4n) is 3.45. The molecular weight excluding hydrogens is 312 g/mol. The monoisotopic (exact) mass is 344 g/mol. The molecule has 0 fully saturated rings. The third kappa shape index (κ3) is 6.59. The molecule has 0 aromatic heterocycles. The molecule has 3 nitrogen and oxygen atoms in total. The minimum absolute atomic E-state index is 0. The van der Waals surface area contributed by atoms with Crippen molar-refractivity contribution in [1.29, 1.82) is 0 Å². The summed E-state index contributed by atoms with van der Waals surface area (Å²) in [7, 11) is 2.25. The Balaban J connectivity index is -0.000000463. The summed E-state index contributed by atoms with van der Waals surface area (Å²) in [5.74, 6) is 0.802. The summed E-state index contributed by atoms with van der Waals surface area (Å²) in [6.45, 7) is 6.99. The third-order valence-electron chi connectivity index (χ3n) is 4.04. The minimum atomic E-state index is 0. The van der Waals surface area contributed by atoms with Crippen LogP contribution in [0.15, 0.2) is 22.3 Å². The second kappa shape index (κ2) is 17.3. The molecule has 2 aliphatic carbocycles. The maximum Gasteiger partial charge on any atom is 4.00 e. The summed E-state index contributed by atoms with van der Waals surface area (Å²) in [4.78, 5) is 0. The van der Waals surface area contributed by atoms with Crippen LogP contribution in [0, 0.1) is 12.3 Å². The predicted octanol–water partition coefficient (Wildman–Crippen LogP) is 1.75. The van der Waals surface area contributed by atoms with Crippen molar-refractivity contribution in [2.45, 2.75) is 59.3 Å². The Bertz CT molecular complexity index is 310. The quantitative estimate of drug-likeness (QED) is 0.579. The van der Waals surface area contributed by atoms with Crippen molar-refractivity contribution < 1.29 is 37.0 Å². The van der Waals surface area contributed by atoms with Gasteiger partial charge >= 0.3 is 21.7 Å². The van der Waals surface area contributed by atoms with Gasteiger partial charge in [-0.2, -0.15) is 44.5 Å². The Morgan fingerprint density at radius 3 is 1.91 bits per heavy atom. The fourth-order valence-corrected chi connectivity index (χ4v) is 3.45. The van der Waals surface area contributed by atoms with Gasteiger partial charge in [-0.1, -0.05) is 58.8 Å². The van der Waals surface area contributed by atoms with Crippen LogP contribution in [0.1, 0.15) is 59.3 Å². The van der Waals surface area contributed by atoms with Gasteiger partial charge in [-0.15, -0.1) is 5.57 Å². The second-order valence-corrected chi connectivity index (χ2v) is 4.71. The van der Waals surface area contributed by atoms with Crippen molar-refractivity contribution in [2.75, 3.05) is 21.3 Å². The van der Waals surface area contributed by atoms with Gasteiger partial charge in [0.15, 0.2) is 0 Å². The van der Waals surface area contributed by atoms with Crippen molar-refractivity contribution in [1.82, 2.24) is 0 Å². The summed E-state index contributed by atoms with van der Waals surface area (Å²) in [6, 6.07) is 0. The first-order valence-electron chi connectivity index (χ1n) is 7.84. The SMILES string of the molecule is CCC1=C(CC)C(CC)C2=C1[CH-]CCC2.C[O-].C[O-].C[O-].[Ti+4]. The fraction of sp³-hybridized carbons (Fsp3) is 0.722. The van der Waals surface area contributed by atoms with Crippen molar-refractivity contribution in [3.63, 3.8) is 0 Å². The van der Waals surface area contributed by atoms with Gasteiger partial charge in [0.05, 0.1) is 0 Å². The van der Waals surface area contributed by atoms with Gasteiger partial charge in [0, 0.05) is 0 Å². The van der Waals surface area contributed by atoms with E-state index >= 15 is 0 Å². The Labute approximate surface area is 152 Å². The van der Waals surface area contributed by atoms with Gasteiger partial charge in [-0.3, -0.25) is 0 Å². The van der Waals surface area contributed by atoms with E-state index in [4.69, 9.17) is 15.3 Å². The van der Waals surface area contributed by atoms with Crippen molar-refractivity contribution in [3.8, 4) is 0 Å². The van der Waals surface area contributed by atoms with Crippen LogP contribution in [0.25, 0.3) is 0 Å². The molecule has 1 unspecified atom stereocenters.